The van der Waals surface area contributed by atoms with Crippen molar-refractivity contribution in [3.63, 3.8) is 0 Å². The number of hydrogen-bond donors (Lipinski definition) is 3. The first-order valence-electron chi connectivity index (χ1n) is 10.1. The van der Waals surface area contributed by atoms with Crippen LogP contribution in [-0.2, 0) is 11.3 Å². The van der Waals surface area contributed by atoms with Crippen molar-refractivity contribution in [3.05, 3.63) is 30.1 Å². The molecule has 7 nitrogen and oxygen atoms in total. The Labute approximate surface area is 161 Å². The molecule has 0 aliphatic carbocycles. The topological polar surface area (TPSA) is 88.9 Å². The molecule has 7 heteroatoms. The number of aliphatic hydroxyl groups excluding tert-OH is 2. The van der Waals surface area contributed by atoms with Crippen molar-refractivity contribution in [1.29, 1.82) is 0 Å². The molecular formula is C20H32N4O3. The van der Waals surface area contributed by atoms with Crippen LogP contribution in [0.2, 0.25) is 0 Å². The Morgan fingerprint density at radius 2 is 1.85 bits per heavy atom. The van der Waals surface area contributed by atoms with Crippen molar-refractivity contribution in [3.8, 4) is 0 Å². The zero-order valence-electron chi connectivity index (χ0n) is 16.0. The molecule has 1 amide bonds. The summed E-state index contributed by atoms with van der Waals surface area (Å²) in [6.07, 6.45) is 7.87. The van der Waals surface area contributed by atoms with Gasteiger partial charge in [-0.15, -0.1) is 0 Å². The predicted octanol–water partition coefficient (Wildman–Crippen LogP) is 0.227. The summed E-state index contributed by atoms with van der Waals surface area (Å²) >= 11 is 0. The fourth-order valence-electron chi connectivity index (χ4n) is 4.21. The molecule has 1 atom stereocenters. The highest BCUT2D eigenvalue weighted by molar-refractivity contribution is 5.79. The van der Waals surface area contributed by atoms with E-state index in [9.17, 15) is 4.79 Å². The minimum Gasteiger partial charge on any atom is -0.394 e. The molecule has 3 rings (SSSR count). The third kappa shape index (κ3) is 5.72. The van der Waals surface area contributed by atoms with Crippen molar-refractivity contribution in [1.82, 2.24) is 20.1 Å². The number of aliphatic hydroxyl groups is 2. The Kier molecular flexibility index (Phi) is 7.58. The maximum atomic E-state index is 12.4. The molecule has 2 aliphatic heterocycles. The van der Waals surface area contributed by atoms with E-state index in [4.69, 9.17) is 10.2 Å². The maximum absolute atomic E-state index is 12.4. The highest BCUT2D eigenvalue weighted by Crippen LogP contribution is 2.24. The molecule has 0 bridgehead atoms. The summed E-state index contributed by atoms with van der Waals surface area (Å²) in [5.74, 6) is -0.0860. The fraction of sp³-hybridized carbons (Fsp3) is 0.700. The first-order valence-corrected chi connectivity index (χ1v) is 10.1. The maximum Gasteiger partial charge on any atom is 0.224 e. The van der Waals surface area contributed by atoms with E-state index in [1.165, 1.54) is 5.56 Å². The number of carbonyl (C=O) groups excluding carboxylic acids is 1. The normalized spacial score (nSPS) is 22.9. The summed E-state index contributed by atoms with van der Waals surface area (Å²) in [7, 11) is 0. The number of piperidine rings is 2. The fourth-order valence-corrected chi connectivity index (χ4v) is 4.21. The van der Waals surface area contributed by atoms with Crippen LogP contribution in [-0.4, -0.2) is 82.4 Å². The van der Waals surface area contributed by atoms with Crippen molar-refractivity contribution in [2.24, 2.45) is 5.92 Å². The number of amides is 1. The molecule has 3 heterocycles. The molecule has 2 aliphatic rings. The molecule has 27 heavy (non-hydrogen) atoms. The third-order valence-electron chi connectivity index (χ3n) is 5.84. The van der Waals surface area contributed by atoms with Gasteiger partial charge in [0.25, 0.3) is 0 Å². The van der Waals surface area contributed by atoms with Crippen molar-refractivity contribution in [2.45, 2.75) is 44.3 Å². The molecule has 0 aromatic carbocycles. The van der Waals surface area contributed by atoms with Crippen LogP contribution in [0.4, 0.5) is 0 Å². The lowest BCUT2D eigenvalue weighted by atomic mass is 9.93. The van der Waals surface area contributed by atoms with E-state index in [0.717, 1.165) is 58.4 Å². The Balaban J connectivity index is 1.46. The van der Waals surface area contributed by atoms with Gasteiger partial charge in [0.2, 0.25) is 5.91 Å². The lowest BCUT2D eigenvalue weighted by molar-refractivity contribution is -0.128. The van der Waals surface area contributed by atoms with E-state index in [1.807, 2.05) is 12.4 Å². The lowest BCUT2D eigenvalue weighted by Crippen LogP contribution is -2.52. The first-order chi connectivity index (χ1) is 13.2. The number of carbonyl (C=O) groups is 1. The van der Waals surface area contributed by atoms with E-state index < -0.39 is 6.04 Å². The quantitative estimate of drug-likeness (QED) is 0.631. The Hall–Kier alpha value is -1.54. The van der Waals surface area contributed by atoms with Crippen molar-refractivity contribution < 1.29 is 15.0 Å². The lowest BCUT2D eigenvalue weighted by Gasteiger charge is -2.42. The predicted molar refractivity (Wildman–Crippen MR) is 103 cm³/mol. The number of nitrogens with zero attached hydrogens (tertiary/aromatic N) is 3. The highest BCUT2D eigenvalue weighted by Gasteiger charge is 2.32. The van der Waals surface area contributed by atoms with Crippen molar-refractivity contribution in [2.75, 3.05) is 39.4 Å². The van der Waals surface area contributed by atoms with Crippen LogP contribution < -0.4 is 5.32 Å². The summed E-state index contributed by atoms with van der Waals surface area (Å²) < 4.78 is 0. The van der Waals surface area contributed by atoms with Gasteiger partial charge in [-0.25, -0.2) is 0 Å². The van der Waals surface area contributed by atoms with Crippen LogP contribution in [0, 0.1) is 5.92 Å². The third-order valence-corrected chi connectivity index (χ3v) is 5.84. The average Bonchev–Trinajstić information content (AvgIpc) is 2.73. The van der Waals surface area contributed by atoms with E-state index in [1.54, 1.807) is 0 Å². The second-order valence-electron chi connectivity index (χ2n) is 7.77. The van der Waals surface area contributed by atoms with Crippen molar-refractivity contribution >= 4 is 5.91 Å². The van der Waals surface area contributed by atoms with Gasteiger partial charge < -0.3 is 15.5 Å². The van der Waals surface area contributed by atoms with Gasteiger partial charge in [-0.3, -0.25) is 19.6 Å². The molecule has 2 saturated heterocycles. The number of aromatic nitrogens is 1. The summed E-state index contributed by atoms with van der Waals surface area (Å²) in [6, 6.07) is 4.14. The molecule has 1 aromatic rings. The summed E-state index contributed by atoms with van der Waals surface area (Å²) in [5.41, 5.74) is 1.31. The minimum absolute atomic E-state index is 0.0390. The number of likely N-dealkylation sites (tertiary alicyclic amines) is 2. The number of pyridine rings is 1. The summed E-state index contributed by atoms with van der Waals surface area (Å²) in [4.78, 5) is 21.5. The van der Waals surface area contributed by atoms with Gasteiger partial charge in [-0.2, -0.15) is 0 Å². The molecule has 1 aromatic heterocycles. The smallest absolute Gasteiger partial charge is 0.224 e. The molecule has 1 unspecified atom stereocenters. The SMILES string of the molecule is O=C(NC(CO)CO)C1CCCN(C2CCN(Cc3ccncc3)CC2)C1. The van der Waals surface area contributed by atoms with Crippen LogP contribution in [0.15, 0.2) is 24.5 Å². The molecule has 0 spiro atoms. The number of rotatable bonds is 7. The number of nitrogens with one attached hydrogen (secondary N) is 1. The molecule has 2 fully saturated rings. The van der Waals surface area contributed by atoms with Gasteiger partial charge in [0.05, 0.1) is 25.2 Å². The molecule has 150 valence electrons. The Bertz CT molecular complexity index is 574. The van der Waals surface area contributed by atoms with Crippen LogP contribution in [0.1, 0.15) is 31.2 Å². The van der Waals surface area contributed by atoms with Gasteiger partial charge in [-0.05, 0) is 63.0 Å². The number of hydrogen-bond acceptors (Lipinski definition) is 6. The van der Waals surface area contributed by atoms with Gasteiger partial charge in [0.15, 0.2) is 0 Å². The standard InChI is InChI=1S/C20H32N4O3/c25-14-18(15-26)22-20(27)17-2-1-9-24(13-17)19-5-10-23(11-6-19)12-16-3-7-21-8-4-16/h3-4,7-8,17-19,25-26H,1-2,5-6,9-15H2,(H,22,27). The minimum atomic E-state index is -0.552. The Morgan fingerprint density at radius 1 is 1.15 bits per heavy atom. The van der Waals surface area contributed by atoms with Crippen LogP contribution in [0.5, 0.6) is 0 Å². The average molecular weight is 377 g/mol. The van der Waals surface area contributed by atoms with E-state index in [2.05, 4.69) is 32.2 Å². The van der Waals surface area contributed by atoms with Crippen LogP contribution in [0.25, 0.3) is 0 Å². The van der Waals surface area contributed by atoms with Gasteiger partial charge >= 0.3 is 0 Å². The zero-order chi connectivity index (χ0) is 19.1. The second-order valence-corrected chi connectivity index (χ2v) is 7.77. The van der Waals surface area contributed by atoms with E-state index >= 15 is 0 Å². The Morgan fingerprint density at radius 3 is 2.52 bits per heavy atom. The molecule has 0 saturated carbocycles. The summed E-state index contributed by atoms with van der Waals surface area (Å²) in [5, 5.41) is 21.1. The van der Waals surface area contributed by atoms with E-state index in [-0.39, 0.29) is 25.0 Å². The van der Waals surface area contributed by atoms with Gasteiger partial charge in [0.1, 0.15) is 0 Å². The van der Waals surface area contributed by atoms with Crippen LogP contribution >= 0.6 is 0 Å². The van der Waals surface area contributed by atoms with Crippen LogP contribution in [0.3, 0.4) is 0 Å². The van der Waals surface area contributed by atoms with E-state index in [0.29, 0.717) is 6.04 Å². The molecular weight excluding hydrogens is 344 g/mol. The van der Waals surface area contributed by atoms with Gasteiger partial charge in [-0.1, -0.05) is 0 Å². The second kappa shape index (κ2) is 10.1. The van der Waals surface area contributed by atoms with Gasteiger partial charge in [0, 0.05) is 31.5 Å². The highest BCUT2D eigenvalue weighted by atomic mass is 16.3. The molecule has 3 N–H and O–H groups in total. The summed E-state index contributed by atoms with van der Waals surface area (Å²) in [6.45, 7) is 4.52. The monoisotopic (exact) mass is 376 g/mol. The molecule has 0 radical (unpaired) electrons. The largest absolute Gasteiger partial charge is 0.394 e. The zero-order valence-corrected chi connectivity index (χ0v) is 16.0. The first kappa shape index (κ1) is 20.2.